The number of hydrogen-bond donors (Lipinski definition) is 1. The molecular weight excluding hydrogens is 449 g/mol. The average Bonchev–Trinajstić information content (AvgIpc) is 2.48. The maximum atomic E-state index is 11.6. The Balaban J connectivity index is 1.83. The van der Waals surface area contributed by atoms with Crippen molar-refractivity contribution in [1.29, 1.82) is 0 Å². The Kier molecular flexibility index (Phi) is 5.12. The van der Waals surface area contributed by atoms with E-state index in [4.69, 9.17) is 10.4 Å². The zero-order chi connectivity index (χ0) is 14.4. The van der Waals surface area contributed by atoms with Crippen LogP contribution in [-0.2, 0) is 30.8 Å². The molecule has 0 aliphatic carbocycles. The molecule has 0 unspecified atom stereocenters. The summed E-state index contributed by atoms with van der Waals surface area (Å²) >= 11 is -2.51. The third kappa shape index (κ3) is 4.06. The van der Waals surface area contributed by atoms with Crippen LogP contribution < -0.4 is 0 Å². The van der Waals surface area contributed by atoms with Crippen molar-refractivity contribution in [3.63, 3.8) is 0 Å². The monoisotopic (exact) mass is 460 g/mol. The van der Waals surface area contributed by atoms with Crippen LogP contribution in [0.1, 0.15) is 20.7 Å². The van der Waals surface area contributed by atoms with E-state index in [0.29, 0.717) is 11.1 Å². The van der Waals surface area contributed by atoms with Crippen LogP contribution in [0, 0.1) is 0 Å². The topological polar surface area (TPSA) is 72.8 Å². The molecule has 0 atom stereocenters. The summed E-state index contributed by atoms with van der Waals surface area (Å²) in [5.74, 6) is -0.931. The molecule has 0 saturated carbocycles. The fourth-order valence-corrected chi connectivity index (χ4v) is 3.83. The average molecular weight is 459 g/mol. The van der Waals surface area contributed by atoms with E-state index < -0.39 is 37.4 Å². The summed E-state index contributed by atoms with van der Waals surface area (Å²) in [5, 5.41) is 9.11. The Morgan fingerprint density at radius 2 is 1.30 bits per heavy atom. The number of benzene rings is 2. The Bertz CT molecular complexity index is 595. The van der Waals surface area contributed by atoms with E-state index in [1.807, 2.05) is 0 Å². The van der Waals surface area contributed by atoms with Gasteiger partial charge in [-0.3, -0.25) is 0 Å². The fourth-order valence-electron chi connectivity index (χ4n) is 1.47. The van der Waals surface area contributed by atoms with Gasteiger partial charge in [0.25, 0.3) is 0 Å². The van der Waals surface area contributed by atoms with E-state index in [9.17, 15) is 9.59 Å². The van der Waals surface area contributed by atoms with Crippen LogP contribution in [0.2, 0.25) is 0 Å². The second-order valence-corrected chi connectivity index (χ2v) is 7.06. The summed E-state index contributed by atoms with van der Waals surface area (Å²) in [5.41, 5.74) is 0.756. The molecule has 0 heterocycles. The quantitative estimate of drug-likeness (QED) is 0.712. The molecule has 98 valence electrons. The summed E-state index contributed by atoms with van der Waals surface area (Å²) in [6.07, 6.45) is 0. The third-order valence-electron chi connectivity index (χ3n) is 2.49. The van der Waals surface area contributed by atoms with Gasteiger partial charge in [-0.25, -0.2) is 0 Å². The minimum atomic E-state index is -2.51. The summed E-state index contributed by atoms with van der Waals surface area (Å²) < 4.78 is 10.1. The van der Waals surface area contributed by atoms with E-state index in [2.05, 4.69) is 0 Å². The Labute approximate surface area is 128 Å². The normalized spacial score (nSPS) is 9.40. The number of rotatable bonds is 4. The van der Waals surface area contributed by atoms with Crippen molar-refractivity contribution in [2.45, 2.75) is 0 Å². The zero-order valence-electron chi connectivity index (χ0n) is 10.5. The molecule has 0 aromatic heterocycles. The van der Waals surface area contributed by atoms with Gasteiger partial charge in [0.05, 0.1) is 0 Å². The van der Waals surface area contributed by atoms with Gasteiger partial charge in [0.1, 0.15) is 0 Å². The summed E-state index contributed by atoms with van der Waals surface area (Å²) in [6.45, 7) is 0. The van der Waals surface area contributed by atoms with Gasteiger partial charge in [0, 0.05) is 0 Å². The van der Waals surface area contributed by atoms with E-state index in [-0.39, 0.29) is 5.75 Å². The van der Waals surface area contributed by atoms with Crippen LogP contribution in [-0.4, -0.2) is 17.0 Å². The summed E-state index contributed by atoms with van der Waals surface area (Å²) in [6, 6.07) is 14.2. The zero-order valence-corrected chi connectivity index (χ0v) is 16.0. The molecule has 0 fully saturated rings. The molecule has 20 heavy (non-hydrogen) atoms. The molecule has 1 N–H and O–H groups in total. The number of carbonyl (C=O) groups excluding carboxylic acids is 2. The molecule has 2 aromatic rings. The second kappa shape index (κ2) is 7.05. The molecule has 0 radical (unpaired) electrons. The van der Waals surface area contributed by atoms with Crippen molar-refractivity contribution in [3.05, 3.63) is 65.7 Å². The Hall–Kier alpha value is -1.88. The van der Waals surface area contributed by atoms with E-state index >= 15 is 0 Å². The van der Waals surface area contributed by atoms with Crippen LogP contribution in [0.15, 0.2) is 54.6 Å². The number of carbonyl (C=O) groups is 2. The molecule has 0 aliphatic rings. The fraction of sp³-hybridized carbons (Fsp3) is 0. The van der Waals surface area contributed by atoms with Crippen LogP contribution in [0.4, 0.5) is 0 Å². The molecule has 2 aromatic carbocycles. The van der Waals surface area contributed by atoms with Gasteiger partial charge in [-0.2, -0.15) is 0 Å². The molecule has 0 saturated heterocycles. The van der Waals surface area contributed by atoms with Crippen LogP contribution in [0.25, 0.3) is 0 Å². The van der Waals surface area contributed by atoms with Gasteiger partial charge >= 0.3 is 129 Å². The minimum absolute atomic E-state index is 0.0710. The number of aromatic hydroxyl groups is 1. The van der Waals surface area contributed by atoms with Gasteiger partial charge in [0.15, 0.2) is 0 Å². The van der Waals surface area contributed by atoms with Gasteiger partial charge < -0.3 is 0 Å². The van der Waals surface area contributed by atoms with Crippen LogP contribution in [0.3, 0.4) is 0 Å². The first-order chi connectivity index (χ1) is 9.66. The molecule has 0 spiro atoms. The van der Waals surface area contributed by atoms with Crippen molar-refractivity contribution in [3.8, 4) is 5.75 Å². The predicted molar refractivity (Wildman–Crippen MR) is 65.4 cm³/mol. The second-order valence-electron chi connectivity index (χ2n) is 3.89. The van der Waals surface area contributed by atoms with Gasteiger partial charge in [-0.05, 0) is 0 Å². The first-order valence-electron chi connectivity index (χ1n) is 5.85. The molecule has 5 nitrogen and oxygen atoms in total. The molecule has 0 aliphatic heterocycles. The molecule has 2 rings (SSSR count). The number of phenolic OH excluding ortho intramolecular Hbond substituents is 1. The van der Waals surface area contributed by atoms with Crippen molar-refractivity contribution in [2.75, 3.05) is 0 Å². The molecular formula is C14H10HgO5. The van der Waals surface area contributed by atoms with Crippen molar-refractivity contribution in [2.24, 2.45) is 0 Å². The summed E-state index contributed by atoms with van der Waals surface area (Å²) in [7, 11) is 0. The first kappa shape index (κ1) is 14.5. The van der Waals surface area contributed by atoms with Crippen molar-refractivity contribution < 1.29 is 45.5 Å². The van der Waals surface area contributed by atoms with E-state index in [1.165, 1.54) is 24.3 Å². The van der Waals surface area contributed by atoms with E-state index in [0.717, 1.165) is 0 Å². The van der Waals surface area contributed by atoms with Crippen molar-refractivity contribution >= 4 is 11.9 Å². The molecule has 0 amide bonds. The predicted octanol–water partition coefficient (Wildman–Crippen LogP) is 2.32. The van der Waals surface area contributed by atoms with Crippen LogP contribution in [0.5, 0.6) is 5.75 Å². The SMILES string of the molecule is O=C([O][Hg][O]C(=O)c1ccc(O)cc1)c1ccccc1. The first-order valence-corrected chi connectivity index (χ1v) is 10.3. The maximum absolute atomic E-state index is 11.6. The molecule has 6 heteroatoms. The number of phenols is 1. The standard InChI is InChI=1S/C7H6O3.C7H6O2.Hg/c8-6-3-1-5(2-4-6)7(9)10;8-7(9)6-4-2-1-3-5-6;/h1-4,8H,(H,9,10);1-5H,(H,8,9);/q;;+2/p-2. The van der Waals surface area contributed by atoms with E-state index in [1.54, 1.807) is 30.3 Å². The Morgan fingerprint density at radius 3 is 1.85 bits per heavy atom. The third-order valence-corrected chi connectivity index (χ3v) is 5.45. The van der Waals surface area contributed by atoms with Gasteiger partial charge in [0.2, 0.25) is 0 Å². The van der Waals surface area contributed by atoms with Gasteiger partial charge in [-0.1, -0.05) is 0 Å². The van der Waals surface area contributed by atoms with Crippen LogP contribution >= 0.6 is 0 Å². The van der Waals surface area contributed by atoms with Crippen molar-refractivity contribution in [1.82, 2.24) is 0 Å². The number of hydrogen-bond acceptors (Lipinski definition) is 5. The molecule has 0 bridgehead atoms. The van der Waals surface area contributed by atoms with Gasteiger partial charge in [-0.15, -0.1) is 0 Å². The summed E-state index contributed by atoms with van der Waals surface area (Å²) in [4.78, 5) is 23.3. The Morgan fingerprint density at radius 1 is 0.800 bits per heavy atom.